The summed E-state index contributed by atoms with van der Waals surface area (Å²) >= 11 is 3.09. The van der Waals surface area contributed by atoms with Gasteiger partial charge in [-0.25, -0.2) is 4.39 Å². The van der Waals surface area contributed by atoms with Gasteiger partial charge in [0, 0.05) is 11.6 Å². The summed E-state index contributed by atoms with van der Waals surface area (Å²) < 4.78 is 25.1. The molecule has 1 aliphatic heterocycles. The SMILES string of the molecule is CC1(C)OB(/C=C/c2cc(Br)c(F)cc2O)OC1(C)C. The Bertz CT molecular complexity index is 542. The van der Waals surface area contributed by atoms with Crippen LogP contribution in [0.15, 0.2) is 22.6 Å². The number of hydrogen-bond donors (Lipinski definition) is 1. The summed E-state index contributed by atoms with van der Waals surface area (Å²) in [4.78, 5) is 0. The molecule has 1 fully saturated rings. The fourth-order valence-electron chi connectivity index (χ4n) is 1.83. The molecule has 1 N–H and O–H groups in total. The van der Waals surface area contributed by atoms with Gasteiger partial charge in [-0.05, 0) is 49.7 Å². The topological polar surface area (TPSA) is 38.7 Å². The van der Waals surface area contributed by atoms with Gasteiger partial charge in [-0.3, -0.25) is 0 Å². The van der Waals surface area contributed by atoms with E-state index in [1.165, 1.54) is 6.07 Å². The van der Waals surface area contributed by atoms with E-state index < -0.39 is 24.1 Å². The third-order valence-electron chi connectivity index (χ3n) is 3.77. The van der Waals surface area contributed by atoms with E-state index in [9.17, 15) is 9.50 Å². The monoisotopic (exact) mass is 342 g/mol. The van der Waals surface area contributed by atoms with Crippen LogP contribution in [0.1, 0.15) is 33.3 Å². The smallest absolute Gasteiger partial charge is 0.487 e. The number of hydrogen-bond acceptors (Lipinski definition) is 3. The third kappa shape index (κ3) is 2.92. The van der Waals surface area contributed by atoms with Gasteiger partial charge in [0.2, 0.25) is 0 Å². The third-order valence-corrected chi connectivity index (χ3v) is 4.38. The lowest BCUT2D eigenvalue weighted by Crippen LogP contribution is -2.41. The minimum absolute atomic E-state index is 0.126. The van der Waals surface area contributed by atoms with Crippen LogP contribution in [0, 0.1) is 5.82 Å². The van der Waals surface area contributed by atoms with Crippen molar-refractivity contribution < 1.29 is 18.8 Å². The van der Waals surface area contributed by atoms with Gasteiger partial charge in [0.1, 0.15) is 11.6 Å². The van der Waals surface area contributed by atoms with E-state index in [1.807, 2.05) is 27.7 Å². The zero-order chi connectivity index (χ0) is 15.1. The molecular formula is C14H17BBrFO3. The molecule has 0 bridgehead atoms. The Morgan fingerprint density at radius 3 is 2.30 bits per heavy atom. The molecule has 1 heterocycles. The van der Waals surface area contributed by atoms with Crippen molar-refractivity contribution in [1.82, 2.24) is 0 Å². The Balaban J connectivity index is 2.18. The van der Waals surface area contributed by atoms with E-state index >= 15 is 0 Å². The number of rotatable bonds is 2. The van der Waals surface area contributed by atoms with Crippen molar-refractivity contribution in [2.24, 2.45) is 0 Å². The predicted molar refractivity (Wildman–Crippen MR) is 80.9 cm³/mol. The first-order chi connectivity index (χ1) is 9.12. The van der Waals surface area contributed by atoms with Crippen LogP contribution in [-0.4, -0.2) is 23.4 Å². The summed E-state index contributed by atoms with van der Waals surface area (Å²) in [6, 6.07) is 2.57. The van der Waals surface area contributed by atoms with Crippen molar-refractivity contribution in [1.29, 1.82) is 0 Å². The van der Waals surface area contributed by atoms with Crippen molar-refractivity contribution in [2.45, 2.75) is 38.9 Å². The van der Waals surface area contributed by atoms with Gasteiger partial charge < -0.3 is 14.4 Å². The average molecular weight is 343 g/mol. The predicted octanol–water partition coefficient (Wildman–Crippen LogP) is 3.94. The molecule has 1 aromatic carbocycles. The first-order valence-electron chi connectivity index (χ1n) is 6.34. The molecule has 1 aromatic rings. The normalized spacial score (nSPS) is 20.8. The number of phenolic OH excluding ortho intramolecular Hbond substituents is 1. The second-order valence-corrected chi connectivity index (χ2v) is 6.66. The molecule has 0 radical (unpaired) electrons. The number of benzene rings is 1. The van der Waals surface area contributed by atoms with Crippen molar-refractivity contribution in [3.8, 4) is 5.75 Å². The zero-order valence-electron chi connectivity index (χ0n) is 11.9. The van der Waals surface area contributed by atoms with Crippen LogP contribution < -0.4 is 0 Å². The second-order valence-electron chi connectivity index (χ2n) is 5.81. The molecule has 1 aliphatic rings. The highest BCUT2D eigenvalue weighted by molar-refractivity contribution is 9.10. The van der Waals surface area contributed by atoms with Crippen LogP contribution in [0.2, 0.25) is 0 Å². The number of phenols is 1. The first-order valence-corrected chi connectivity index (χ1v) is 7.13. The van der Waals surface area contributed by atoms with Crippen molar-refractivity contribution in [3.05, 3.63) is 34.0 Å². The van der Waals surface area contributed by atoms with Crippen LogP contribution in [0.3, 0.4) is 0 Å². The van der Waals surface area contributed by atoms with Crippen LogP contribution in [0.25, 0.3) is 6.08 Å². The van der Waals surface area contributed by atoms with Gasteiger partial charge in [-0.1, -0.05) is 12.1 Å². The Morgan fingerprint density at radius 1 is 1.20 bits per heavy atom. The molecule has 0 unspecified atom stereocenters. The Labute approximate surface area is 127 Å². The van der Waals surface area contributed by atoms with Gasteiger partial charge in [0.05, 0.1) is 15.7 Å². The molecule has 108 valence electrons. The number of aromatic hydroxyl groups is 1. The van der Waals surface area contributed by atoms with Gasteiger partial charge in [-0.15, -0.1) is 0 Å². The van der Waals surface area contributed by atoms with Gasteiger partial charge in [0.25, 0.3) is 0 Å². The zero-order valence-corrected chi connectivity index (χ0v) is 13.5. The fraction of sp³-hybridized carbons (Fsp3) is 0.429. The summed E-state index contributed by atoms with van der Waals surface area (Å²) in [6.45, 7) is 7.86. The highest BCUT2D eigenvalue weighted by Gasteiger charge is 2.49. The molecule has 0 aromatic heterocycles. The quantitative estimate of drug-likeness (QED) is 0.827. The Morgan fingerprint density at radius 2 is 1.75 bits per heavy atom. The number of halogens is 2. The lowest BCUT2D eigenvalue weighted by atomic mass is 9.89. The summed E-state index contributed by atoms with van der Waals surface area (Å²) in [5, 5.41) is 9.70. The summed E-state index contributed by atoms with van der Waals surface area (Å²) in [5.41, 5.74) is -0.325. The lowest BCUT2D eigenvalue weighted by molar-refractivity contribution is 0.00578. The van der Waals surface area contributed by atoms with Gasteiger partial charge >= 0.3 is 7.12 Å². The molecule has 20 heavy (non-hydrogen) atoms. The molecule has 0 amide bonds. The van der Waals surface area contributed by atoms with Crippen LogP contribution in [0.4, 0.5) is 4.39 Å². The Hall–Kier alpha value is -0.845. The minimum Gasteiger partial charge on any atom is -0.507 e. The van der Waals surface area contributed by atoms with Crippen LogP contribution >= 0.6 is 15.9 Å². The lowest BCUT2D eigenvalue weighted by Gasteiger charge is -2.32. The molecule has 0 spiro atoms. The first kappa shape index (κ1) is 15.5. The molecule has 0 atom stereocenters. The maximum Gasteiger partial charge on any atom is 0.487 e. The van der Waals surface area contributed by atoms with Gasteiger partial charge in [-0.2, -0.15) is 0 Å². The summed E-state index contributed by atoms with van der Waals surface area (Å²) in [5.74, 6) is 1.07. The van der Waals surface area contributed by atoms with E-state index in [2.05, 4.69) is 15.9 Å². The van der Waals surface area contributed by atoms with E-state index in [-0.39, 0.29) is 5.75 Å². The largest absolute Gasteiger partial charge is 0.507 e. The fourth-order valence-corrected chi connectivity index (χ4v) is 2.20. The highest BCUT2D eigenvalue weighted by Crippen LogP contribution is 2.37. The molecule has 2 rings (SSSR count). The summed E-state index contributed by atoms with van der Waals surface area (Å²) in [6.07, 6.45) is 1.65. The van der Waals surface area contributed by atoms with E-state index in [4.69, 9.17) is 9.31 Å². The molecular weight excluding hydrogens is 326 g/mol. The molecule has 0 saturated carbocycles. The van der Waals surface area contributed by atoms with Crippen LogP contribution in [-0.2, 0) is 9.31 Å². The standard InChI is InChI=1S/C14H17BBrFO3/c1-13(2)14(3,4)20-15(19-13)6-5-9-7-10(16)11(17)8-12(9)18/h5-8,18H,1-4H3/b6-5+. The molecule has 1 saturated heterocycles. The van der Waals surface area contributed by atoms with Crippen LogP contribution in [0.5, 0.6) is 5.75 Å². The molecule has 3 nitrogen and oxygen atoms in total. The minimum atomic E-state index is -0.504. The second kappa shape index (κ2) is 5.17. The molecule has 0 aliphatic carbocycles. The van der Waals surface area contributed by atoms with Gasteiger partial charge in [0.15, 0.2) is 0 Å². The highest BCUT2D eigenvalue weighted by atomic mass is 79.9. The van der Waals surface area contributed by atoms with E-state index in [0.717, 1.165) is 6.07 Å². The summed E-state index contributed by atoms with van der Waals surface area (Å²) in [7, 11) is -0.497. The van der Waals surface area contributed by atoms with Crippen molar-refractivity contribution >= 4 is 29.1 Å². The van der Waals surface area contributed by atoms with Crippen molar-refractivity contribution in [3.63, 3.8) is 0 Å². The maximum absolute atomic E-state index is 13.2. The van der Waals surface area contributed by atoms with Crippen molar-refractivity contribution in [2.75, 3.05) is 0 Å². The van der Waals surface area contributed by atoms with E-state index in [1.54, 1.807) is 12.1 Å². The Kier molecular flexibility index (Phi) is 4.02. The van der Waals surface area contributed by atoms with E-state index in [0.29, 0.717) is 10.0 Å². The average Bonchev–Trinajstić information content (AvgIpc) is 2.51. The molecule has 6 heteroatoms. The maximum atomic E-state index is 13.2.